The average molecular weight is 242 g/mol. The monoisotopic (exact) mass is 241 g/mol. The number of halogens is 1. The van der Waals surface area contributed by atoms with E-state index in [2.05, 4.69) is 18.7 Å². The zero-order chi connectivity index (χ0) is 12.3. The van der Waals surface area contributed by atoms with Gasteiger partial charge in [0.1, 0.15) is 0 Å². The molecule has 3 nitrogen and oxygen atoms in total. The van der Waals surface area contributed by atoms with E-state index < -0.39 is 5.97 Å². The maximum absolute atomic E-state index is 10.9. The minimum absolute atomic E-state index is 0.236. The van der Waals surface area contributed by atoms with Crippen LogP contribution in [0.25, 0.3) is 0 Å². The minimum atomic E-state index is -0.948. The largest absolute Gasteiger partial charge is 0.478 e. The van der Waals surface area contributed by atoms with E-state index in [1.807, 2.05) is 7.05 Å². The molecule has 0 aliphatic rings. The van der Waals surface area contributed by atoms with Gasteiger partial charge in [-0.15, -0.1) is 0 Å². The Kier molecular flexibility index (Phi) is 4.33. The van der Waals surface area contributed by atoms with Crippen molar-refractivity contribution in [2.24, 2.45) is 0 Å². The van der Waals surface area contributed by atoms with Crippen molar-refractivity contribution in [3.8, 4) is 0 Å². The molecule has 0 bridgehead atoms. The molecule has 1 aromatic rings. The third-order valence-corrected chi connectivity index (χ3v) is 2.74. The quantitative estimate of drug-likeness (QED) is 0.881. The Morgan fingerprint density at radius 1 is 1.44 bits per heavy atom. The number of carbonyl (C=O) groups is 1. The van der Waals surface area contributed by atoms with E-state index in [4.69, 9.17) is 16.7 Å². The zero-order valence-electron chi connectivity index (χ0n) is 9.70. The highest BCUT2D eigenvalue weighted by Gasteiger charge is 2.09. The Balaban J connectivity index is 2.92. The molecule has 1 rings (SSSR count). The Morgan fingerprint density at radius 3 is 2.56 bits per heavy atom. The van der Waals surface area contributed by atoms with Crippen LogP contribution in [-0.4, -0.2) is 29.1 Å². The van der Waals surface area contributed by atoms with Gasteiger partial charge in [0.15, 0.2) is 0 Å². The number of carboxylic acid groups (broad SMARTS) is 1. The van der Waals surface area contributed by atoms with Crippen LogP contribution < -0.4 is 0 Å². The van der Waals surface area contributed by atoms with E-state index in [1.54, 1.807) is 12.1 Å². The highest BCUT2D eigenvalue weighted by molar-refractivity contribution is 6.31. The topological polar surface area (TPSA) is 40.5 Å². The van der Waals surface area contributed by atoms with Crippen LogP contribution in [0.3, 0.4) is 0 Å². The van der Waals surface area contributed by atoms with Crippen LogP contribution in [0.2, 0.25) is 5.02 Å². The number of benzene rings is 1. The van der Waals surface area contributed by atoms with Crippen molar-refractivity contribution < 1.29 is 9.90 Å². The summed E-state index contributed by atoms with van der Waals surface area (Å²) in [6.45, 7) is 4.86. The molecule has 0 atom stereocenters. The van der Waals surface area contributed by atoms with Crippen LogP contribution in [0.15, 0.2) is 18.2 Å². The number of hydrogen-bond acceptors (Lipinski definition) is 2. The molecule has 0 spiro atoms. The van der Waals surface area contributed by atoms with E-state index in [1.165, 1.54) is 6.07 Å². The molecule has 0 aromatic heterocycles. The lowest BCUT2D eigenvalue weighted by Crippen LogP contribution is -2.25. The number of rotatable bonds is 4. The normalized spacial score (nSPS) is 11.1. The van der Waals surface area contributed by atoms with Gasteiger partial charge in [0.2, 0.25) is 0 Å². The molecule has 1 N–H and O–H groups in total. The standard InChI is InChI=1S/C12H16ClNO2/c1-8(2)14(3)7-9-4-10(12(15)16)6-11(13)5-9/h4-6,8H,7H2,1-3H3,(H,15,16). The molecule has 0 saturated heterocycles. The van der Waals surface area contributed by atoms with Crippen molar-refractivity contribution >= 4 is 17.6 Å². The van der Waals surface area contributed by atoms with Crippen molar-refractivity contribution in [1.82, 2.24) is 4.90 Å². The van der Waals surface area contributed by atoms with Crippen LogP contribution in [-0.2, 0) is 6.54 Å². The van der Waals surface area contributed by atoms with Gasteiger partial charge in [0.05, 0.1) is 5.56 Å². The van der Waals surface area contributed by atoms with Crippen molar-refractivity contribution in [3.63, 3.8) is 0 Å². The fraction of sp³-hybridized carbons (Fsp3) is 0.417. The predicted molar refractivity (Wildman–Crippen MR) is 65.0 cm³/mol. The average Bonchev–Trinajstić information content (AvgIpc) is 2.16. The number of nitrogens with zero attached hydrogens (tertiary/aromatic N) is 1. The molecule has 1 aromatic carbocycles. The SMILES string of the molecule is CC(C)N(C)Cc1cc(Cl)cc(C(=O)O)c1. The lowest BCUT2D eigenvalue weighted by atomic mass is 10.1. The maximum atomic E-state index is 10.9. The highest BCUT2D eigenvalue weighted by Crippen LogP contribution is 2.17. The molecule has 0 amide bonds. The van der Waals surface area contributed by atoms with Crippen LogP contribution in [0.5, 0.6) is 0 Å². The van der Waals surface area contributed by atoms with Crippen molar-refractivity contribution in [3.05, 3.63) is 34.3 Å². The Hall–Kier alpha value is -1.06. The van der Waals surface area contributed by atoms with E-state index >= 15 is 0 Å². The first kappa shape index (κ1) is 13.0. The Bertz CT molecular complexity index is 391. The van der Waals surface area contributed by atoms with Gasteiger partial charge in [0.25, 0.3) is 0 Å². The fourth-order valence-electron chi connectivity index (χ4n) is 1.34. The molecule has 0 aliphatic carbocycles. The van der Waals surface area contributed by atoms with Crippen LogP contribution >= 0.6 is 11.6 Å². The molecule has 16 heavy (non-hydrogen) atoms. The molecule has 0 fully saturated rings. The summed E-state index contributed by atoms with van der Waals surface area (Å²) in [7, 11) is 1.99. The zero-order valence-corrected chi connectivity index (χ0v) is 10.5. The van der Waals surface area contributed by atoms with Gasteiger partial charge < -0.3 is 5.11 Å². The van der Waals surface area contributed by atoms with Crippen LogP contribution in [0.1, 0.15) is 29.8 Å². The molecule has 0 saturated carbocycles. The summed E-state index contributed by atoms with van der Waals surface area (Å²) in [6.07, 6.45) is 0. The van der Waals surface area contributed by atoms with Crippen LogP contribution in [0.4, 0.5) is 0 Å². The van der Waals surface area contributed by atoms with Gasteiger partial charge >= 0.3 is 5.97 Å². The fourth-order valence-corrected chi connectivity index (χ4v) is 1.59. The Morgan fingerprint density at radius 2 is 2.06 bits per heavy atom. The smallest absolute Gasteiger partial charge is 0.335 e. The number of aromatic carboxylic acids is 1. The highest BCUT2D eigenvalue weighted by atomic mass is 35.5. The van der Waals surface area contributed by atoms with E-state index in [-0.39, 0.29) is 5.56 Å². The molecule has 0 aliphatic heterocycles. The molecule has 88 valence electrons. The van der Waals surface area contributed by atoms with Gasteiger partial charge in [-0.1, -0.05) is 11.6 Å². The maximum Gasteiger partial charge on any atom is 0.335 e. The second-order valence-corrected chi connectivity index (χ2v) is 4.60. The number of carboxylic acids is 1. The van der Waals surface area contributed by atoms with Crippen molar-refractivity contribution in [2.45, 2.75) is 26.4 Å². The summed E-state index contributed by atoms with van der Waals surface area (Å²) in [5, 5.41) is 9.37. The summed E-state index contributed by atoms with van der Waals surface area (Å²) >= 11 is 5.88. The lowest BCUT2D eigenvalue weighted by Gasteiger charge is -2.21. The lowest BCUT2D eigenvalue weighted by molar-refractivity contribution is 0.0696. The molecule has 0 radical (unpaired) electrons. The third-order valence-electron chi connectivity index (χ3n) is 2.52. The molecular formula is C12H16ClNO2. The summed E-state index contributed by atoms with van der Waals surface area (Å²) in [4.78, 5) is 13.0. The van der Waals surface area contributed by atoms with E-state index in [0.717, 1.165) is 5.56 Å². The summed E-state index contributed by atoms with van der Waals surface area (Å²) in [5.41, 5.74) is 1.15. The van der Waals surface area contributed by atoms with Crippen molar-refractivity contribution in [2.75, 3.05) is 7.05 Å². The van der Waals surface area contributed by atoms with Gasteiger partial charge in [-0.25, -0.2) is 4.79 Å². The molecular weight excluding hydrogens is 226 g/mol. The van der Waals surface area contributed by atoms with E-state index in [0.29, 0.717) is 17.6 Å². The summed E-state index contributed by atoms with van der Waals surface area (Å²) in [5.74, 6) is -0.948. The molecule has 0 heterocycles. The van der Waals surface area contributed by atoms with Gasteiger partial charge in [-0.3, -0.25) is 4.90 Å². The summed E-state index contributed by atoms with van der Waals surface area (Å²) in [6, 6.07) is 5.33. The molecule has 0 unspecified atom stereocenters. The first-order valence-electron chi connectivity index (χ1n) is 5.13. The first-order valence-corrected chi connectivity index (χ1v) is 5.51. The van der Waals surface area contributed by atoms with Gasteiger partial charge in [0, 0.05) is 17.6 Å². The third kappa shape index (κ3) is 3.51. The molecule has 4 heteroatoms. The summed E-state index contributed by atoms with van der Waals surface area (Å²) < 4.78 is 0. The van der Waals surface area contributed by atoms with Crippen LogP contribution in [0, 0.1) is 0 Å². The number of hydrogen-bond donors (Lipinski definition) is 1. The van der Waals surface area contributed by atoms with Gasteiger partial charge in [-0.05, 0) is 44.7 Å². The first-order chi connectivity index (χ1) is 7.40. The minimum Gasteiger partial charge on any atom is -0.478 e. The van der Waals surface area contributed by atoms with Gasteiger partial charge in [-0.2, -0.15) is 0 Å². The van der Waals surface area contributed by atoms with Crippen molar-refractivity contribution in [1.29, 1.82) is 0 Å². The predicted octanol–water partition coefficient (Wildman–Crippen LogP) is 2.88. The Labute approximate surface area is 101 Å². The van der Waals surface area contributed by atoms with E-state index in [9.17, 15) is 4.79 Å². The second-order valence-electron chi connectivity index (χ2n) is 4.16. The second kappa shape index (κ2) is 5.32.